The van der Waals surface area contributed by atoms with Gasteiger partial charge in [0.2, 0.25) is 5.91 Å². The maximum atomic E-state index is 12.1. The molecule has 1 saturated heterocycles. The maximum absolute atomic E-state index is 12.1. The van der Waals surface area contributed by atoms with E-state index in [0.29, 0.717) is 5.84 Å². The molecule has 2 N–H and O–H groups in total. The molecule has 2 amide bonds. The van der Waals surface area contributed by atoms with Gasteiger partial charge in [-0.3, -0.25) is 14.5 Å². The molecule has 2 unspecified atom stereocenters. The van der Waals surface area contributed by atoms with Crippen LogP contribution in [0.1, 0.15) is 27.2 Å². The summed E-state index contributed by atoms with van der Waals surface area (Å²) < 4.78 is 0. The van der Waals surface area contributed by atoms with Crippen molar-refractivity contribution in [2.24, 2.45) is 16.8 Å². The van der Waals surface area contributed by atoms with E-state index in [2.05, 4.69) is 27.4 Å². The molecule has 2 rings (SSSR count). The molecule has 0 bridgehead atoms. The fraction of sp³-hybridized carbons (Fsp3) is 0.786. The number of piperazine rings is 1. The number of aliphatic imine (C=N–C) groups is 1. The number of carbonyl (C=O) groups excluding carboxylic acids is 2. The second-order valence-electron chi connectivity index (χ2n) is 5.76. The summed E-state index contributed by atoms with van der Waals surface area (Å²) in [7, 11) is 0. The Morgan fingerprint density at radius 3 is 2.45 bits per heavy atom. The summed E-state index contributed by atoms with van der Waals surface area (Å²) in [5.74, 6) is -0.636. The minimum atomic E-state index is -0.640. The molecule has 0 radical (unpaired) electrons. The SMILES string of the molecule is CCC(C1=NC(=O)C(C(C)C)C(=O)N1)N1CCNCC1. The number of nitrogens with one attached hydrogen (secondary N) is 2. The van der Waals surface area contributed by atoms with Crippen molar-refractivity contribution >= 4 is 17.6 Å². The summed E-state index contributed by atoms with van der Waals surface area (Å²) in [6, 6.07) is 0.0260. The Morgan fingerprint density at radius 2 is 1.95 bits per heavy atom. The van der Waals surface area contributed by atoms with E-state index in [1.54, 1.807) is 0 Å². The van der Waals surface area contributed by atoms with Crippen LogP contribution in [0, 0.1) is 11.8 Å². The second-order valence-corrected chi connectivity index (χ2v) is 5.76. The maximum Gasteiger partial charge on any atom is 0.260 e. The number of nitrogens with zero attached hydrogens (tertiary/aromatic N) is 2. The van der Waals surface area contributed by atoms with Crippen molar-refractivity contribution in [1.82, 2.24) is 15.5 Å². The lowest BCUT2D eigenvalue weighted by Gasteiger charge is -2.36. The van der Waals surface area contributed by atoms with Gasteiger partial charge in [-0.1, -0.05) is 20.8 Å². The molecule has 0 aromatic rings. The van der Waals surface area contributed by atoms with Crippen molar-refractivity contribution in [2.45, 2.75) is 33.2 Å². The van der Waals surface area contributed by atoms with Crippen LogP contribution >= 0.6 is 0 Å². The Balaban J connectivity index is 2.16. The Labute approximate surface area is 120 Å². The van der Waals surface area contributed by atoms with Gasteiger partial charge >= 0.3 is 0 Å². The van der Waals surface area contributed by atoms with Gasteiger partial charge in [0.1, 0.15) is 11.8 Å². The first-order chi connectivity index (χ1) is 9.54. The molecule has 2 aliphatic heterocycles. The predicted octanol–water partition coefficient (Wildman–Crippen LogP) is -0.00270. The van der Waals surface area contributed by atoms with Gasteiger partial charge in [-0.2, -0.15) is 4.99 Å². The third kappa shape index (κ3) is 3.07. The van der Waals surface area contributed by atoms with E-state index >= 15 is 0 Å². The highest BCUT2D eigenvalue weighted by atomic mass is 16.2. The minimum Gasteiger partial charge on any atom is -0.314 e. The number of amidine groups is 1. The summed E-state index contributed by atoms with van der Waals surface area (Å²) in [5, 5.41) is 6.16. The summed E-state index contributed by atoms with van der Waals surface area (Å²) in [6.07, 6.45) is 0.832. The van der Waals surface area contributed by atoms with Crippen LogP contribution in [-0.4, -0.2) is 54.8 Å². The van der Waals surface area contributed by atoms with Crippen LogP contribution < -0.4 is 10.6 Å². The van der Waals surface area contributed by atoms with Crippen LogP contribution in [0.25, 0.3) is 0 Å². The highest BCUT2D eigenvalue weighted by Gasteiger charge is 2.37. The van der Waals surface area contributed by atoms with Gasteiger partial charge in [-0.05, 0) is 12.3 Å². The summed E-state index contributed by atoms with van der Waals surface area (Å²) >= 11 is 0. The molecule has 1 fully saturated rings. The van der Waals surface area contributed by atoms with Crippen molar-refractivity contribution in [2.75, 3.05) is 26.2 Å². The zero-order valence-corrected chi connectivity index (χ0v) is 12.5. The predicted molar refractivity (Wildman–Crippen MR) is 77.4 cm³/mol. The van der Waals surface area contributed by atoms with Crippen LogP contribution in [0.2, 0.25) is 0 Å². The zero-order chi connectivity index (χ0) is 14.7. The standard InChI is InChI=1S/C14H24N4O2/c1-4-10(18-7-5-15-6-8-18)12-16-13(19)11(9(2)3)14(20)17-12/h9-11,15H,4-8H2,1-3H3,(H,16,17,19,20). The Kier molecular flexibility index (Phi) is 4.88. The number of rotatable bonds is 4. The van der Waals surface area contributed by atoms with Crippen LogP contribution in [0.5, 0.6) is 0 Å². The monoisotopic (exact) mass is 280 g/mol. The molecule has 2 aliphatic rings. The summed E-state index contributed by atoms with van der Waals surface area (Å²) in [6.45, 7) is 9.48. The first kappa shape index (κ1) is 15.1. The first-order valence-corrected chi connectivity index (χ1v) is 7.42. The Morgan fingerprint density at radius 1 is 1.30 bits per heavy atom. The number of amides is 2. The third-order valence-electron chi connectivity index (χ3n) is 3.99. The van der Waals surface area contributed by atoms with Crippen LogP contribution in [-0.2, 0) is 9.59 Å². The van der Waals surface area contributed by atoms with E-state index < -0.39 is 5.92 Å². The fourth-order valence-corrected chi connectivity index (χ4v) is 2.90. The third-order valence-corrected chi connectivity index (χ3v) is 3.99. The molecular formula is C14H24N4O2. The van der Waals surface area contributed by atoms with Crippen molar-refractivity contribution in [3.8, 4) is 0 Å². The number of carbonyl (C=O) groups is 2. The molecule has 0 aliphatic carbocycles. The molecule has 6 nitrogen and oxygen atoms in total. The summed E-state index contributed by atoms with van der Waals surface area (Å²) in [5.41, 5.74) is 0. The summed E-state index contributed by atoms with van der Waals surface area (Å²) in [4.78, 5) is 30.6. The van der Waals surface area contributed by atoms with Crippen molar-refractivity contribution < 1.29 is 9.59 Å². The molecule has 0 spiro atoms. The largest absolute Gasteiger partial charge is 0.314 e. The van der Waals surface area contributed by atoms with Crippen LogP contribution in [0.3, 0.4) is 0 Å². The average molecular weight is 280 g/mol. The number of hydrogen-bond donors (Lipinski definition) is 2. The lowest BCUT2D eigenvalue weighted by Crippen LogP contribution is -2.57. The van der Waals surface area contributed by atoms with E-state index in [4.69, 9.17) is 0 Å². The van der Waals surface area contributed by atoms with Crippen molar-refractivity contribution in [3.05, 3.63) is 0 Å². The van der Waals surface area contributed by atoms with Gasteiger partial charge in [-0.25, -0.2) is 0 Å². The topological polar surface area (TPSA) is 73.8 Å². The van der Waals surface area contributed by atoms with Gasteiger partial charge in [0, 0.05) is 26.2 Å². The minimum absolute atomic E-state index is 0.0212. The van der Waals surface area contributed by atoms with Crippen LogP contribution in [0.15, 0.2) is 4.99 Å². The molecule has 2 heterocycles. The van der Waals surface area contributed by atoms with E-state index in [1.165, 1.54) is 0 Å². The number of hydrogen-bond acceptors (Lipinski definition) is 4. The average Bonchev–Trinajstić information content (AvgIpc) is 2.39. The molecule has 0 aromatic carbocycles. The van der Waals surface area contributed by atoms with Gasteiger partial charge in [0.25, 0.3) is 5.91 Å². The van der Waals surface area contributed by atoms with Crippen molar-refractivity contribution in [1.29, 1.82) is 0 Å². The molecule has 6 heteroatoms. The second kappa shape index (κ2) is 6.45. The molecule has 20 heavy (non-hydrogen) atoms. The van der Waals surface area contributed by atoms with Crippen LogP contribution in [0.4, 0.5) is 0 Å². The lowest BCUT2D eigenvalue weighted by molar-refractivity contribution is -0.135. The van der Waals surface area contributed by atoms with Gasteiger partial charge < -0.3 is 10.6 Å². The molecule has 112 valence electrons. The fourth-order valence-electron chi connectivity index (χ4n) is 2.90. The van der Waals surface area contributed by atoms with Gasteiger partial charge in [-0.15, -0.1) is 0 Å². The normalized spacial score (nSPS) is 26.4. The van der Waals surface area contributed by atoms with Gasteiger partial charge in [0.15, 0.2) is 0 Å². The van der Waals surface area contributed by atoms with E-state index in [9.17, 15) is 9.59 Å². The smallest absolute Gasteiger partial charge is 0.260 e. The highest BCUT2D eigenvalue weighted by Crippen LogP contribution is 2.18. The highest BCUT2D eigenvalue weighted by molar-refractivity contribution is 6.17. The Bertz CT molecular complexity index is 413. The molecule has 0 aromatic heterocycles. The van der Waals surface area contributed by atoms with E-state index in [0.717, 1.165) is 32.6 Å². The first-order valence-electron chi connectivity index (χ1n) is 7.42. The van der Waals surface area contributed by atoms with E-state index in [-0.39, 0.29) is 23.8 Å². The molecular weight excluding hydrogens is 256 g/mol. The quantitative estimate of drug-likeness (QED) is 0.711. The zero-order valence-electron chi connectivity index (χ0n) is 12.5. The molecule has 2 atom stereocenters. The molecule has 0 saturated carbocycles. The lowest BCUT2D eigenvalue weighted by atomic mass is 9.92. The van der Waals surface area contributed by atoms with Gasteiger partial charge in [0.05, 0.1) is 6.04 Å². The van der Waals surface area contributed by atoms with Crippen molar-refractivity contribution in [3.63, 3.8) is 0 Å². The Hall–Kier alpha value is -1.27. The van der Waals surface area contributed by atoms with E-state index in [1.807, 2.05) is 13.8 Å².